The molecule has 20 heavy (non-hydrogen) atoms. The van der Waals surface area contributed by atoms with Gasteiger partial charge in [-0.05, 0) is 26.7 Å². The molecule has 0 radical (unpaired) electrons. The number of hydrogen-bond acceptors (Lipinski definition) is 2. The van der Waals surface area contributed by atoms with E-state index in [2.05, 4.69) is 5.32 Å². The summed E-state index contributed by atoms with van der Waals surface area (Å²) in [5, 5.41) is 2.65. The summed E-state index contributed by atoms with van der Waals surface area (Å²) in [6, 6.07) is 0. The van der Waals surface area contributed by atoms with Crippen LogP contribution in [0, 0.1) is 0 Å². The van der Waals surface area contributed by atoms with E-state index in [4.69, 9.17) is 0 Å². The van der Waals surface area contributed by atoms with Gasteiger partial charge in [-0.3, -0.25) is 9.59 Å². The molecule has 1 spiro atoms. The topological polar surface area (TPSA) is 49.4 Å². The van der Waals surface area contributed by atoms with Crippen LogP contribution in [-0.4, -0.2) is 40.5 Å². The maximum Gasteiger partial charge on any atom is 0.390 e. The van der Waals surface area contributed by atoms with Gasteiger partial charge in [0, 0.05) is 6.54 Å². The molecular formula is C13H19F3N2O2. The average Bonchev–Trinajstić information content (AvgIpc) is 2.75. The number of halogens is 3. The highest BCUT2D eigenvalue weighted by Crippen LogP contribution is 2.40. The quantitative estimate of drug-likeness (QED) is 0.846. The van der Waals surface area contributed by atoms with Crippen LogP contribution in [0.15, 0.2) is 0 Å². The Labute approximate surface area is 115 Å². The van der Waals surface area contributed by atoms with E-state index in [9.17, 15) is 22.8 Å². The number of piperazine rings is 1. The van der Waals surface area contributed by atoms with Crippen LogP contribution < -0.4 is 5.32 Å². The van der Waals surface area contributed by atoms with Crippen molar-refractivity contribution >= 4 is 11.8 Å². The molecule has 1 aliphatic carbocycles. The predicted octanol–water partition coefficient (Wildman–Crippen LogP) is 1.99. The van der Waals surface area contributed by atoms with Gasteiger partial charge < -0.3 is 10.2 Å². The Morgan fingerprint density at radius 2 is 1.75 bits per heavy atom. The molecule has 0 aromatic carbocycles. The minimum absolute atomic E-state index is 0.318. The summed E-state index contributed by atoms with van der Waals surface area (Å²) in [6.45, 7) is 2.60. The molecule has 2 amide bonds. The molecule has 7 heteroatoms. The molecule has 114 valence electrons. The average molecular weight is 292 g/mol. The van der Waals surface area contributed by atoms with Crippen LogP contribution in [0.1, 0.15) is 46.0 Å². The smallest absolute Gasteiger partial charge is 0.340 e. The van der Waals surface area contributed by atoms with E-state index in [1.807, 2.05) is 0 Å². The first-order valence-electron chi connectivity index (χ1n) is 6.80. The van der Waals surface area contributed by atoms with Crippen molar-refractivity contribution in [2.45, 2.75) is 63.2 Å². The Balaban J connectivity index is 2.29. The van der Waals surface area contributed by atoms with Crippen LogP contribution in [0.4, 0.5) is 13.2 Å². The first-order chi connectivity index (χ1) is 9.08. The Bertz CT molecular complexity index is 426. The van der Waals surface area contributed by atoms with Crippen molar-refractivity contribution in [3.63, 3.8) is 0 Å². The van der Waals surface area contributed by atoms with Crippen molar-refractivity contribution in [3.05, 3.63) is 0 Å². The largest absolute Gasteiger partial charge is 0.390 e. The Morgan fingerprint density at radius 3 is 2.25 bits per heavy atom. The third-order valence-corrected chi connectivity index (χ3v) is 4.19. The summed E-state index contributed by atoms with van der Waals surface area (Å²) in [4.78, 5) is 25.9. The lowest BCUT2D eigenvalue weighted by atomic mass is 9.85. The van der Waals surface area contributed by atoms with E-state index >= 15 is 0 Å². The van der Waals surface area contributed by atoms with Crippen LogP contribution in [-0.2, 0) is 9.59 Å². The number of nitrogens with one attached hydrogen (secondary N) is 1. The van der Waals surface area contributed by atoms with E-state index < -0.39 is 36.1 Å². The second-order valence-electron chi connectivity index (χ2n) is 6.14. The van der Waals surface area contributed by atoms with Crippen molar-refractivity contribution < 1.29 is 22.8 Å². The van der Waals surface area contributed by atoms with Gasteiger partial charge in [0.25, 0.3) is 0 Å². The number of carbonyl (C=O) groups excluding carboxylic acids is 2. The zero-order chi connectivity index (χ0) is 15.2. The summed E-state index contributed by atoms with van der Waals surface area (Å²) in [5.41, 5.74) is -2.21. The van der Waals surface area contributed by atoms with E-state index in [1.165, 1.54) is 18.7 Å². The molecule has 0 aromatic rings. The fourth-order valence-electron chi connectivity index (χ4n) is 3.12. The summed E-state index contributed by atoms with van der Waals surface area (Å²) < 4.78 is 37.4. The molecule has 0 aromatic heterocycles. The third kappa shape index (κ3) is 2.50. The van der Waals surface area contributed by atoms with E-state index in [1.54, 1.807) is 0 Å². The lowest BCUT2D eigenvalue weighted by Crippen LogP contribution is -2.73. The van der Waals surface area contributed by atoms with Gasteiger partial charge in [0.1, 0.15) is 11.1 Å². The lowest BCUT2D eigenvalue weighted by Gasteiger charge is -2.49. The predicted molar refractivity (Wildman–Crippen MR) is 65.8 cm³/mol. The monoisotopic (exact) mass is 292 g/mol. The second kappa shape index (κ2) is 4.63. The molecule has 0 atom stereocenters. The minimum atomic E-state index is -4.34. The van der Waals surface area contributed by atoms with Gasteiger partial charge in [0.15, 0.2) is 0 Å². The first-order valence-corrected chi connectivity index (χ1v) is 6.80. The second-order valence-corrected chi connectivity index (χ2v) is 6.14. The van der Waals surface area contributed by atoms with Gasteiger partial charge in [-0.15, -0.1) is 0 Å². The van der Waals surface area contributed by atoms with Crippen molar-refractivity contribution in [1.29, 1.82) is 0 Å². The lowest BCUT2D eigenvalue weighted by molar-refractivity contribution is -0.169. The zero-order valence-corrected chi connectivity index (χ0v) is 11.6. The van der Waals surface area contributed by atoms with Gasteiger partial charge in [-0.1, -0.05) is 12.8 Å². The summed E-state index contributed by atoms with van der Waals surface area (Å²) >= 11 is 0. The van der Waals surface area contributed by atoms with Crippen LogP contribution in [0.25, 0.3) is 0 Å². The molecule has 1 saturated heterocycles. The molecular weight excluding hydrogens is 273 g/mol. The van der Waals surface area contributed by atoms with Gasteiger partial charge in [0.05, 0.1) is 6.42 Å². The molecule has 0 bridgehead atoms. The molecule has 1 aliphatic heterocycles. The molecule has 1 heterocycles. The summed E-state index contributed by atoms with van der Waals surface area (Å²) in [5.74, 6) is -0.745. The number of amides is 2. The highest BCUT2D eigenvalue weighted by Gasteiger charge is 2.56. The Morgan fingerprint density at radius 1 is 1.20 bits per heavy atom. The maximum absolute atomic E-state index is 12.5. The van der Waals surface area contributed by atoms with Crippen LogP contribution >= 0.6 is 0 Å². The number of carbonyl (C=O) groups is 2. The maximum atomic E-state index is 12.5. The summed E-state index contributed by atoms with van der Waals surface area (Å²) in [7, 11) is 0. The number of rotatable bonds is 2. The molecule has 2 aliphatic rings. The standard InChI is InChI=1S/C13H19F3N2O2/c1-11(2)10(20)18(8-7-13(14,15)16)12(9(19)17-11)5-3-4-6-12/h3-8H2,1-2H3,(H,17,19). The fourth-order valence-corrected chi connectivity index (χ4v) is 3.12. The van der Waals surface area contributed by atoms with Gasteiger partial charge in [0.2, 0.25) is 11.8 Å². The molecule has 2 fully saturated rings. The van der Waals surface area contributed by atoms with Crippen molar-refractivity contribution in [1.82, 2.24) is 10.2 Å². The molecule has 0 unspecified atom stereocenters. The van der Waals surface area contributed by atoms with Gasteiger partial charge in [-0.2, -0.15) is 13.2 Å². The van der Waals surface area contributed by atoms with E-state index in [0.717, 1.165) is 12.8 Å². The van der Waals surface area contributed by atoms with Gasteiger partial charge in [-0.25, -0.2) is 0 Å². The zero-order valence-electron chi connectivity index (χ0n) is 11.6. The summed E-state index contributed by atoms with van der Waals surface area (Å²) in [6.07, 6.45) is -3.02. The van der Waals surface area contributed by atoms with Crippen molar-refractivity contribution in [2.75, 3.05) is 6.54 Å². The van der Waals surface area contributed by atoms with Crippen molar-refractivity contribution in [2.24, 2.45) is 0 Å². The van der Waals surface area contributed by atoms with Crippen LogP contribution in [0.5, 0.6) is 0 Å². The Hall–Kier alpha value is -1.27. The molecule has 4 nitrogen and oxygen atoms in total. The third-order valence-electron chi connectivity index (χ3n) is 4.19. The van der Waals surface area contributed by atoms with Crippen molar-refractivity contribution in [3.8, 4) is 0 Å². The van der Waals surface area contributed by atoms with Crippen LogP contribution in [0.3, 0.4) is 0 Å². The minimum Gasteiger partial charge on any atom is -0.340 e. The number of alkyl halides is 3. The molecule has 1 N–H and O–H groups in total. The molecule has 1 saturated carbocycles. The van der Waals surface area contributed by atoms with Crippen LogP contribution in [0.2, 0.25) is 0 Å². The number of hydrogen-bond donors (Lipinski definition) is 1. The first kappa shape index (κ1) is 15.1. The SMILES string of the molecule is CC1(C)NC(=O)C2(CCCC2)N(CCC(F)(F)F)C1=O. The van der Waals surface area contributed by atoms with Gasteiger partial charge >= 0.3 is 6.18 Å². The Kier molecular flexibility index (Phi) is 3.50. The highest BCUT2D eigenvalue weighted by molar-refractivity contribution is 6.02. The number of nitrogens with zero attached hydrogens (tertiary/aromatic N) is 1. The normalized spacial score (nSPS) is 25.1. The van der Waals surface area contributed by atoms with E-state index in [0.29, 0.717) is 12.8 Å². The highest BCUT2D eigenvalue weighted by atomic mass is 19.4. The molecule has 2 rings (SSSR count). The van der Waals surface area contributed by atoms with E-state index in [-0.39, 0.29) is 5.91 Å². The fraction of sp³-hybridized carbons (Fsp3) is 0.846.